The van der Waals surface area contributed by atoms with E-state index in [0.717, 1.165) is 4.47 Å². The van der Waals surface area contributed by atoms with E-state index in [4.69, 9.17) is 5.26 Å². The molecule has 0 aliphatic carbocycles. The number of sulfone groups is 1. The lowest BCUT2D eigenvalue weighted by Crippen LogP contribution is -2.29. The Labute approximate surface area is 97.8 Å². The molecule has 3 nitrogen and oxygen atoms in total. The molecule has 0 amide bonds. The van der Waals surface area contributed by atoms with Gasteiger partial charge in [0.2, 0.25) is 0 Å². The maximum absolute atomic E-state index is 12.0. The third-order valence-corrected chi connectivity index (χ3v) is 4.92. The van der Waals surface area contributed by atoms with E-state index in [1.807, 2.05) is 0 Å². The normalized spacial score (nSPS) is 12.1. The van der Waals surface area contributed by atoms with Gasteiger partial charge in [0.05, 0.1) is 11.0 Å². The van der Waals surface area contributed by atoms with Crippen LogP contribution in [0.5, 0.6) is 0 Å². The highest BCUT2D eigenvalue weighted by atomic mass is 79.9. The number of hydrogen-bond donors (Lipinski definition) is 0. The Kier molecular flexibility index (Phi) is 3.22. The van der Waals surface area contributed by atoms with Crippen molar-refractivity contribution in [3.8, 4) is 6.07 Å². The molecule has 15 heavy (non-hydrogen) atoms. The number of nitrogens with zero attached hydrogens (tertiary/aromatic N) is 1. The lowest BCUT2D eigenvalue weighted by atomic mass is 10.2. The van der Waals surface area contributed by atoms with E-state index in [9.17, 15) is 8.42 Å². The van der Waals surface area contributed by atoms with Crippen LogP contribution in [0.1, 0.15) is 13.8 Å². The SMILES string of the molecule is CC(C)(C#N)S(=O)(=O)c1ccc(Br)cc1. The molecule has 0 bridgehead atoms. The first kappa shape index (κ1) is 12.2. The van der Waals surface area contributed by atoms with Crippen LogP contribution in [0.2, 0.25) is 0 Å². The van der Waals surface area contributed by atoms with E-state index in [0.29, 0.717) is 0 Å². The van der Waals surface area contributed by atoms with E-state index in [-0.39, 0.29) is 4.90 Å². The first-order chi connectivity index (χ1) is 6.81. The first-order valence-electron chi connectivity index (χ1n) is 4.23. The summed E-state index contributed by atoms with van der Waals surface area (Å²) in [6, 6.07) is 8.04. The zero-order valence-corrected chi connectivity index (χ0v) is 10.8. The average molecular weight is 288 g/mol. The second-order valence-corrected chi connectivity index (χ2v) is 6.99. The van der Waals surface area contributed by atoms with Gasteiger partial charge in [-0.2, -0.15) is 5.26 Å². The fourth-order valence-corrected chi connectivity index (χ4v) is 2.44. The fourth-order valence-electron chi connectivity index (χ4n) is 0.968. The summed E-state index contributed by atoms with van der Waals surface area (Å²) in [7, 11) is -3.59. The van der Waals surface area contributed by atoms with Crippen molar-refractivity contribution < 1.29 is 8.42 Å². The average Bonchev–Trinajstić information content (AvgIpc) is 2.18. The van der Waals surface area contributed by atoms with Crippen LogP contribution in [0, 0.1) is 11.3 Å². The predicted molar refractivity (Wildman–Crippen MR) is 61.0 cm³/mol. The van der Waals surface area contributed by atoms with Gasteiger partial charge in [0.1, 0.15) is 0 Å². The van der Waals surface area contributed by atoms with Crippen LogP contribution in [-0.4, -0.2) is 13.2 Å². The largest absolute Gasteiger partial charge is 0.222 e. The summed E-state index contributed by atoms with van der Waals surface area (Å²) in [6.07, 6.45) is 0. The van der Waals surface area contributed by atoms with Gasteiger partial charge in [-0.1, -0.05) is 15.9 Å². The van der Waals surface area contributed by atoms with Crippen LogP contribution in [-0.2, 0) is 9.84 Å². The summed E-state index contributed by atoms with van der Waals surface area (Å²) in [5.74, 6) is 0. The van der Waals surface area contributed by atoms with E-state index in [1.54, 1.807) is 18.2 Å². The third-order valence-electron chi connectivity index (χ3n) is 2.07. The van der Waals surface area contributed by atoms with E-state index >= 15 is 0 Å². The lowest BCUT2D eigenvalue weighted by Gasteiger charge is -2.16. The van der Waals surface area contributed by atoms with Gasteiger partial charge in [-0.05, 0) is 38.1 Å². The molecule has 1 aromatic carbocycles. The van der Waals surface area contributed by atoms with Crippen LogP contribution in [0.4, 0.5) is 0 Å². The zero-order valence-electron chi connectivity index (χ0n) is 8.36. The molecular weight excluding hydrogens is 278 g/mol. The molecule has 0 unspecified atom stereocenters. The minimum absolute atomic E-state index is 0.164. The molecule has 0 heterocycles. The molecule has 0 radical (unpaired) electrons. The Hall–Kier alpha value is -0.860. The van der Waals surface area contributed by atoms with E-state index in [2.05, 4.69) is 15.9 Å². The van der Waals surface area contributed by atoms with Crippen molar-refractivity contribution in [2.45, 2.75) is 23.5 Å². The molecule has 1 rings (SSSR count). The second kappa shape index (κ2) is 3.95. The van der Waals surface area contributed by atoms with Crippen LogP contribution in [0.25, 0.3) is 0 Å². The quantitative estimate of drug-likeness (QED) is 0.840. The van der Waals surface area contributed by atoms with E-state index < -0.39 is 14.6 Å². The summed E-state index contributed by atoms with van der Waals surface area (Å²) in [5.41, 5.74) is 0. The van der Waals surface area contributed by atoms with Crippen LogP contribution in [0.15, 0.2) is 33.6 Å². The van der Waals surface area contributed by atoms with Crippen molar-refractivity contribution >= 4 is 25.8 Å². The van der Waals surface area contributed by atoms with Gasteiger partial charge >= 0.3 is 0 Å². The molecule has 0 N–H and O–H groups in total. The summed E-state index contributed by atoms with van der Waals surface area (Å²) < 4.78 is 23.3. The van der Waals surface area contributed by atoms with Crippen molar-refractivity contribution in [3.63, 3.8) is 0 Å². The lowest BCUT2D eigenvalue weighted by molar-refractivity contribution is 0.574. The predicted octanol–water partition coefficient (Wildman–Crippen LogP) is 2.52. The number of benzene rings is 1. The molecule has 0 saturated carbocycles. The highest BCUT2D eigenvalue weighted by Gasteiger charge is 2.35. The van der Waals surface area contributed by atoms with Crippen LogP contribution >= 0.6 is 15.9 Å². The molecule has 0 aliphatic heterocycles. The van der Waals surface area contributed by atoms with Crippen molar-refractivity contribution in [2.75, 3.05) is 0 Å². The Morgan fingerprint density at radius 2 is 1.73 bits per heavy atom. The van der Waals surface area contributed by atoms with Gasteiger partial charge < -0.3 is 0 Å². The molecule has 0 aliphatic rings. The monoisotopic (exact) mass is 287 g/mol. The van der Waals surface area contributed by atoms with Gasteiger partial charge in [-0.25, -0.2) is 8.42 Å². The van der Waals surface area contributed by atoms with Gasteiger partial charge in [0, 0.05) is 4.47 Å². The summed E-state index contributed by atoms with van der Waals surface area (Å²) in [4.78, 5) is 0.164. The molecule has 0 atom stereocenters. The number of rotatable bonds is 2. The summed E-state index contributed by atoms with van der Waals surface area (Å²) >= 11 is 3.22. The summed E-state index contributed by atoms with van der Waals surface area (Å²) in [6.45, 7) is 2.79. The Morgan fingerprint density at radius 3 is 2.13 bits per heavy atom. The first-order valence-corrected chi connectivity index (χ1v) is 6.50. The number of halogens is 1. The number of hydrogen-bond acceptors (Lipinski definition) is 3. The van der Waals surface area contributed by atoms with Crippen molar-refractivity contribution in [2.24, 2.45) is 0 Å². The molecular formula is C10H10BrNO2S. The van der Waals surface area contributed by atoms with Gasteiger partial charge in [-0.3, -0.25) is 0 Å². The fraction of sp³-hybridized carbons (Fsp3) is 0.300. The highest BCUT2D eigenvalue weighted by molar-refractivity contribution is 9.10. The van der Waals surface area contributed by atoms with Crippen LogP contribution in [0.3, 0.4) is 0 Å². The maximum Gasteiger partial charge on any atom is 0.196 e. The molecule has 80 valence electrons. The molecule has 0 saturated heterocycles. The van der Waals surface area contributed by atoms with Crippen molar-refractivity contribution in [1.29, 1.82) is 5.26 Å². The van der Waals surface area contributed by atoms with Gasteiger partial charge in [0.25, 0.3) is 0 Å². The van der Waals surface area contributed by atoms with E-state index in [1.165, 1.54) is 26.0 Å². The zero-order chi connectivity index (χ0) is 11.7. The smallest absolute Gasteiger partial charge is 0.196 e. The second-order valence-electron chi connectivity index (χ2n) is 3.58. The number of nitriles is 1. The minimum Gasteiger partial charge on any atom is -0.222 e. The maximum atomic E-state index is 12.0. The highest BCUT2D eigenvalue weighted by Crippen LogP contribution is 2.25. The Morgan fingerprint density at radius 1 is 1.27 bits per heavy atom. The van der Waals surface area contributed by atoms with Crippen molar-refractivity contribution in [3.05, 3.63) is 28.7 Å². The molecule has 0 aromatic heterocycles. The Bertz CT molecular complexity index is 497. The molecule has 0 spiro atoms. The molecule has 0 fully saturated rings. The van der Waals surface area contributed by atoms with Gasteiger partial charge in [-0.15, -0.1) is 0 Å². The minimum atomic E-state index is -3.59. The van der Waals surface area contributed by atoms with Crippen molar-refractivity contribution in [1.82, 2.24) is 0 Å². The molecule has 5 heteroatoms. The van der Waals surface area contributed by atoms with Gasteiger partial charge in [0.15, 0.2) is 14.6 Å². The summed E-state index contributed by atoms with van der Waals surface area (Å²) in [5, 5.41) is 8.81. The molecule has 1 aromatic rings. The standard InChI is InChI=1S/C10H10BrNO2S/c1-10(2,7-12)15(13,14)9-5-3-8(11)4-6-9/h3-6H,1-2H3. The van der Waals surface area contributed by atoms with Crippen LogP contribution < -0.4 is 0 Å². The third kappa shape index (κ3) is 2.21. The Balaban J connectivity index is 3.32. The topological polar surface area (TPSA) is 57.9 Å².